The molecule has 2 atom stereocenters. The van der Waals surface area contributed by atoms with E-state index in [4.69, 9.17) is 9.47 Å². The van der Waals surface area contributed by atoms with Crippen molar-refractivity contribution in [1.29, 1.82) is 0 Å². The Morgan fingerprint density at radius 1 is 1.15 bits per heavy atom. The fourth-order valence-corrected chi connectivity index (χ4v) is 3.75. The van der Waals surface area contributed by atoms with Gasteiger partial charge in [0.1, 0.15) is 18.0 Å². The molecular weight excluding hydrogens is 436 g/mol. The van der Waals surface area contributed by atoms with Crippen molar-refractivity contribution in [2.24, 2.45) is 5.92 Å². The number of nitrogens with zero attached hydrogens (tertiary/aromatic N) is 3. The first-order valence-electron chi connectivity index (χ1n) is 9.85. The monoisotopic (exact) mass is 457 g/mol. The van der Waals surface area contributed by atoms with Crippen molar-refractivity contribution < 1.29 is 27.8 Å². The topological polar surface area (TPSA) is 99.5 Å². The van der Waals surface area contributed by atoms with Crippen LogP contribution >= 0.6 is 0 Å². The predicted molar refractivity (Wildman–Crippen MR) is 116 cm³/mol. The Hall–Kier alpha value is -4.15. The Morgan fingerprint density at radius 3 is 2.64 bits per heavy atom. The third-order valence-corrected chi connectivity index (χ3v) is 5.19. The third-order valence-electron chi connectivity index (χ3n) is 5.19. The van der Waals surface area contributed by atoms with Crippen LogP contribution in [-0.4, -0.2) is 41.5 Å². The van der Waals surface area contributed by atoms with E-state index in [1.165, 1.54) is 37.4 Å². The van der Waals surface area contributed by atoms with Crippen molar-refractivity contribution in [2.75, 3.05) is 24.9 Å². The number of amides is 1. The first-order chi connectivity index (χ1) is 15.9. The summed E-state index contributed by atoms with van der Waals surface area (Å²) in [7, 11) is 2.84. The van der Waals surface area contributed by atoms with E-state index in [9.17, 15) is 13.6 Å². The van der Waals surface area contributed by atoms with Gasteiger partial charge in [0.15, 0.2) is 11.5 Å². The van der Waals surface area contributed by atoms with Crippen molar-refractivity contribution in [1.82, 2.24) is 14.8 Å². The SMILES string of the molecule is C=C1Nc2ncnn2[C@H](c2ccc(OC(F)F)c(OC)c2)[C@H]1C(=O)Nc1ccccc1OC. The first kappa shape index (κ1) is 22.1. The van der Waals surface area contributed by atoms with Crippen LogP contribution in [0.2, 0.25) is 0 Å². The summed E-state index contributed by atoms with van der Waals surface area (Å²) in [5.74, 6) is -0.377. The molecule has 4 rings (SSSR count). The number of alkyl halides is 2. The molecule has 0 spiro atoms. The summed E-state index contributed by atoms with van der Waals surface area (Å²) >= 11 is 0. The van der Waals surface area contributed by atoms with Crippen LogP contribution < -0.4 is 24.8 Å². The van der Waals surface area contributed by atoms with Gasteiger partial charge in [0, 0.05) is 5.70 Å². The summed E-state index contributed by atoms with van der Waals surface area (Å²) in [4.78, 5) is 17.6. The van der Waals surface area contributed by atoms with Gasteiger partial charge in [0.25, 0.3) is 0 Å². The van der Waals surface area contributed by atoms with E-state index in [1.807, 2.05) is 0 Å². The first-order valence-corrected chi connectivity index (χ1v) is 9.85. The molecule has 0 bridgehead atoms. The minimum absolute atomic E-state index is 0.0856. The maximum Gasteiger partial charge on any atom is 0.387 e. The maximum absolute atomic E-state index is 13.4. The van der Waals surface area contributed by atoms with Crippen LogP contribution in [0, 0.1) is 5.92 Å². The summed E-state index contributed by atoms with van der Waals surface area (Å²) in [6.07, 6.45) is 1.34. The van der Waals surface area contributed by atoms with Crippen LogP contribution in [0.25, 0.3) is 0 Å². The molecule has 1 aromatic heterocycles. The molecule has 0 radical (unpaired) electrons. The number of hydrogen-bond donors (Lipinski definition) is 2. The highest BCUT2D eigenvalue weighted by atomic mass is 19.3. The summed E-state index contributed by atoms with van der Waals surface area (Å²) < 4.78 is 42.1. The molecule has 0 aliphatic carbocycles. The number of ether oxygens (including phenoxy) is 3. The average molecular weight is 457 g/mol. The summed E-state index contributed by atoms with van der Waals surface area (Å²) in [5, 5.41) is 10.1. The quantitative estimate of drug-likeness (QED) is 0.558. The molecule has 2 heterocycles. The maximum atomic E-state index is 13.4. The second-order valence-electron chi connectivity index (χ2n) is 7.08. The highest BCUT2D eigenvalue weighted by Gasteiger charge is 2.40. The molecule has 3 aromatic rings. The minimum Gasteiger partial charge on any atom is -0.495 e. The lowest BCUT2D eigenvalue weighted by Crippen LogP contribution is -2.39. The number of carbonyl (C=O) groups is 1. The minimum atomic E-state index is -3.01. The van der Waals surface area contributed by atoms with Crippen LogP contribution in [-0.2, 0) is 4.79 Å². The van der Waals surface area contributed by atoms with Crippen LogP contribution in [0.3, 0.4) is 0 Å². The second-order valence-corrected chi connectivity index (χ2v) is 7.08. The van der Waals surface area contributed by atoms with E-state index in [-0.39, 0.29) is 17.4 Å². The molecule has 33 heavy (non-hydrogen) atoms. The number of halogens is 2. The molecule has 0 saturated heterocycles. The standard InChI is InChI=1S/C22H21F2N5O4/c1-12-18(20(30)28-14-6-4-5-7-15(14)31-2)19(29-22(27-12)25-11-26-29)13-8-9-16(33-21(23)24)17(10-13)32-3/h4-11,18-19,21H,1H2,2-3H3,(H,28,30)(H,25,26,27)/t18-,19+/m0/s1. The fraction of sp³-hybridized carbons (Fsp3) is 0.227. The van der Waals surface area contributed by atoms with Crippen molar-refractivity contribution >= 4 is 17.5 Å². The van der Waals surface area contributed by atoms with Gasteiger partial charge < -0.3 is 24.8 Å². The Kier molecular flexibility index (Phi) is 6.11. The summed E-state index contributed by atoms with van der Waals surface area (Å²) in [6, 6.07) is 10.8. The van der Waals surface area contributed by atoms with Gasteiger partial charge in [0.2, 0.25) is 11.9 Å². The number of rotatable bonds is 7. The molecule has 0 saturated carbocycles. The Bertz CT molecular complexity index is 1180. The number of fused-ring (bicyclic) bond motifs is 1. The Balaban J connectivity index is 1.75. The number of benzene rings is 2. The lowest BCUT2D eigenvalue weighted by Gasteiger charge is -2.34. The highest BCUT2D eigenvalue weighted by Crippen LogP contribution is 2.41. The molecule has 172 valence electrons. The number of para-hydroxylation sites is 2. The summed E-state index contributed by atoms with van der Waals surface area (Å²) in [5.41, 5.74) is 1.43. The van der Waals surface area contributed by atoms with Gasteiger partial charge in [-0.3, -0.25) is 4.79 Å². The Labute approximate surface area is 188 Å². The van der Waals surface area contributed by atoms with Gasteiger partial charge in [-0.15, -0.1) is 0 Å². The number of nitrogens with one attached hydrogen (secondary N) is 2. The zero-order valence-corrected chi connectivity index (χ0v) is 17.8. The van der Waals surface area contributed by atoms with Crippen LogP contribution in [0.4, 0.5) is 20.4 Å². The van der Waals surface area contributed by atoms with Crippen LogP contribution in [0.5, 0.6) is 17.2 Å². The van der Waals surface area contributed by atoms with E-state index in [1.54, 1.807) is 30.3 Å². The lowest BCUT2D eigenvalue weighted by molar-refractivity contribution is -0.119. The normalized spacial score (nSPS) is 17.2. The molecule has 1 aliphatic heterocycles. The summed E-state index contributed by atoms with van der Waals surface area (Å²) in [6.45, 7) is 1.01. The van der Waals surface area contributed by atoms with E-state index in [2.05, 4.69) is 32.0 Å². The number of aromatic nitrogens is 3. The average Bonchev–Trinajstić information content (AvgIpc) is 3.26. The molecule has 2 N–H and O–H groups in total. The lowest BCUT2D eigenvalue weighted by atomic mass is 9.88. The fourth-order valence-electron chi connectivity index (χ4n) is 3.75. The molecule has 1 aliphatic rings. The number of methoxy groups -OCH3 is 2. The molecule has 9 nitrogen and oxygen atoms in total. The molecule has 11 heteroatoms. The van der Waals surface area contributed by atoms with Crippen molar-refractivity contribution in [3.8, 4) is 17.2 Å². The van der Waals surface area contributed by atoms with E-state index in [0.717, 1.165) is 0 Å². The van der Waals surface area contributed by atoms with E-state index >= 15 is 0 Å². The largest absolute Gasteiger partial charge is 0.495 e. The van der Waals surface area contributed by atoms with E-state index in [0.29, 0.717) is 28.6 Å². The third kappa shape index (κ3) is 4.29. The van der Waals surface area contributed by atoms with Gasteiger partial charge >= 0.3 is 6.61 Å². The van der Waals surface area contributed by atoms with Gasteiger partial charge in [-0.1, -0.05) is 24.8 Å². The number of anilines is 2. The second kappa shape index (κ2) is 9.15. The molecule has 0 unspecified atom stereocenters. The van der Waals surface area contributed by atoms with Gasteiger partial charge in [-0.05, 0) is 29.8 Å². The highest BCUT2D eigenvalue weighted by molar-refractivity contribution is 5.97. The van der Waals surface area contributed by atoms with Gasteiger partial charge in [-0.25, -0.2) is 4.68 Å². The zero-order chi connectivity index (χ0) is 23.5. The number of hydrogen-bond acceptors (Lipinski definition) is 7. The van der Waals surface area contributed by atoms with Crippen LogP contribution in [0.1, 0.15) is 11.6 Å². The van der Waals surface area contributed by atoms with E-state index < -0.39 is 18.6 Å². The molecule has 1 amide bonds. The van der Waals surface area contributed by atoms with Crippen molar-refractivity contribution in [3.05, 3.63) is 66.6 Å². The predicted octanol–water partition coefficient (Wildman–Crippen LogP) is 3.68. The molecule has 0 fully saturated rings. The zero-order valence-electron chi connectivity index (χ0n) is 17.8. The van der Waals surface area contributed by atoms with Gasteiger partial charge in [0.05, 0.1) is 25.9 Å². The van der Waals surface area contributed by atoms with Crippen molar-refractivity contribution in [2.45, 2.75) is 12.7 Å². The number of carbonyl (C=O) groups excluding carboxylic acids is 1. The van der Waals surface area contributed by atoms with Crippen molar-refractivity contribution in [3.63, 3.8) is 0 Å². The van der Waals surface area contributed by atoms with Crippen LogP contribution in [0.15, 0.2) is 61.1 Å². The molecular formula is C22H21F2N5O4. The molecule has 2 aromatic carbocycles. The van der Waals surface area contributed by atoms with Gasteiger partial charge in [-0.2, -0.15) is 18.9 Å². The smallest absolute Gasteiger partial charge is 0.387 e. The Morgan fingerprint density at radius 2 is 1.91 bits per heavy atom.